The van der Waals surface area contributed by atoms with Gasteiger partial charge in [0.15, 0.2) is 0 Å². The Labute approximate surface area is 121 Å². The number of carbonyl (C=O) groups excluding carboxylic acids is 1. The lowest BCUT2D eigenvalue weighted by molar-refractivity contribution is -0.384. The van der Waals surface area contributed by atoms with Crippen molar-refractivity contribution in [1.29, 1.82) is 0 Å². The minimum absolute atomic E-state index is 0.122. The van der Waals surface area contributed by atoms with Gasteiger partial charge < -0.3 is 11.1 Å². The number of hydrogen-bond acceptors (Lipinski definition) is 4. The summed E-state index contributed by atoms with van der Waals surface area (Å²) in [6.45, 7) is 0.435. The van der Waals surface area contributed by atoms with Crippen LogP contribution in [0.15, 0.2) is 48.5 Å². The summed E-state index contributed by atoms with van der Waals surface area (Å²) >= 11 is 0. The lowest BCUT2D eigenvalue weighted by atomic mass is 10.1. The molecule has 0 saturated carbocycles. The summed E-state index contributed by atoms with van der Waals surface area (Å²) in [7, 11) is 0. The summed E-state index contributed by atoms with van der Waals surface area (Å²) in [5.74, 6) is -0.410. The van der Waals surface area contributed by atoms with Crippen molar-refractivity contribution < 1.29 is 9.72 Å². The van der Waals surface area contributed by atoms with E-state index in [2.05, 4.69) is 5.32 Å². The van der Waals surface area contributed by atoms with Crippen LogP contribution < -0.4 is 11.1 Å². The molecule has 6 heteroatoms. The zero-order valence-electron chi connectivity index (χ0n) is 11.3. The Morgan fingerprint density at radius 3 is 2.57 bits per heavy atom. The van der Waals surface area contributed by atoms with Crippen LogP contribution in [0.2, 0.25) is 0 Å². The van der Waals surface area contributed by atoms with Crippen LogP contribution in [0, 0.1) is 10.1 Å². The van der Waals surface area contributed by atoms with Gasteiger partial charge in [0.05, 0.1) is 10.5 Å². The minimum Gasteiger partial charge on any atom is -0.398 e. The fourth-order valence-electron chi connectivity index (χ4n) is 1.91. The van der Waals surface area contributed by atoms with Crippen LogP contribution >= 0.6 is 0 Å². The third-order valence-corrected chi connectivity index (χ3v) is 3.03. The Hall–Kier alpha value is -2.89. The van der Waals surface area contributed by atoms with Gasteiger partial charge in [-0.15, -0.1) is 0 Å². The summed E-state index contributed by atoms with van der Waals surface area (Å²) in [5, 5.41) is 13.4. The summed E-state index contributed by atoms with van der Waals surface area (Å²) in [6.07, 6.45) is 0.682. The van der Waals surface area contributed by atoms with Crippen molar-refractivity contribution in [3.63, 3.8) is 0 Å². The maximum atomic E-state index is 12.0. The Balaban J connectivity index is 2.00. The van der Waals surface area contributed by atoms with E-state index < -0.39 is 10.8 Å². The molecule has 108 valence electrons. The minimum atomic E-state index is -0.555. The average molecular weight is 285 g/mol. The molecular formula is C15H15N3O3. The topological polar surface area (TPSA) is 98.3 Å². The van der Waals surface area contributed by atoms with Crippen molar-refractivity contribution in [3.05, 3.63) is 69.8 Å². The van der Waals surface area contributed by atoms with Gasteiger partial charge in [0.25, 0.3) is 11.6 Å². The maximum absolute atomic E-state index is 12.0. The number of hydrogen-bond donors (Lipinski definition) is 2. The Kier molecular flexibility index (Phi) is 4.50. The lowest BCUT2D eigenvalue weighted by Gasteiger charge is -2.07. The molecular weight excluding hydrogens is 270 g/mol. The first-order valence-electron chi connectivity index (χ1n) is 6.44. The Bertz CT molecular complexity index is 656. The molecule has 0 aliphatic rings. The van der Waals surface area contributed by atoms with Crippen LogP contribution in [0.1, 0.15) is 15.9 Å². The first kappa shape index (κ1) is 14.5. The fourth-order valence-corrected chi connectivity index (χ4v) is 1.91. The van der Waals surface area contributed by atoms with Gasteiger partial charge in [-0.1, -0.05) is 30.3 Å². The molecule has 0 spiro atoms. The number of nitrogens with zero attached hydrogens (tertiary/aromatic N) is 1. The van der Waals surface area contributed by atoms with E-state index in [1.807, 2.05) is 30.3 Å². The van der Waals surface area contributed by atoms with Crippen molar-refractivity contribution in [2.75, 3.05) is 12.3 Å². The molecule has 0 aromatic heterocycles. The van der Waals surface area contributed by atoms with Crippen molar-refractivity contribution in [2.24, 2.45) is 0 Å². The smallest absolute Gasteiger partial charge is 0.270 e. The molecule has 0 aliphatic carbocycles. The van der Waals surface area contributed by atoms with Crippen LogP contribution in [-0.2, 0) is 6.42 Å². The van der Waals surface area contributed by atoms with E-state index in [1.165, 1.54) is 18.2 Å². The second kappa shape index (κ2) is 6.51. The SMILES string of the molecule is Nc1ccc([N+](=O)[O-])cc1C(=O)NCCc1ccccc1. The molecule has 0 heterocycles. The van der Waals surface area contributed by atoms with E-state index in [0.29, 0.717) is 13.0 Å². The monoisotopic (exact) mass is 285 g/mol. The highest BCUT2D eigenvalue weighted by atomic mass is 16.6. The molecule has 0 fully saturated rings. The number of rotatable bonds is 5. The number of non-ortho nitro benzene ring substituents is 1. The number of anilines is 1. The Morgan fingerprint density at radius 2 is 1.90 bits per heavy atom. The molecule has 2 aromatic rings. The van der Waals surface area contributed by atoms with Gasteiger partial charge in [0.2, 0.25) is 0 Å². The molecule has 0 atom stereocenters. The standard InChI is InChI=1S/C15H15N3O3/c16-14-7-6-12(18(20)21)10-13(14)15(19)17-9-8-11-4-2-1-3-5-11/h1-7,10H,8-9,16H2,(H,17,19). The van der Waals surface area contributed by atoms with Gasteiger partial charge in [-0.3, -0.25) is 14.9 Å². The molecule has 3 N–H and O–H groups in total. The first-order chi connectivity index (χ1) is 10.1. The quantitative estimate of drug-likeness (QED) is 0.499. The number of carbonyl (C=O) groups is 1. The molecule has 2 aromatic carbocycles. The number of benzene rings is 2. The second-order valence-electron chi connectivity index (χ2n) is 4.52. The highest BCUT2D eigenvalue weighted by Gasteiger charge is 2.14. The summed E-state index contributed by atoms with van der Waals surface area (Å²) in [6, 6.07) is 13.5. The van der Waals surface area contributed by atoms with Crippen molar-refractivity contribution in [3.8, 4) is 0 Å². The third kappa shape index (κ3) is 3.79. The lowest BCUT2D eigenvalue weighted by Crippen LogP contribution is -2.26. The number of nitrogens with two attached hydrogens (primary N) is 1. The Morgan fingerprint density at radius 1 is 1.19 bits per heavy atom. The van der Waals surface area contributed by atoms with E-state index in [-0.39, 0.29) is 16.9 Å². The van der Waals surface area contributed by atoms with E-state index in [4.69, 9.17) is 5.73 Å². The molecule has 2 rings (SSSR count). The van der Waals surface area contributed by atoms with Crippen molar-refractivity contribution in [1.82, 2.24) is 5.32 Å². The van der Waals surface area contributed by atoms with Gasteiger partial charge in [-0.05, 0) is 18.1 Å². The third-order valence-electron chi connectivity index (χ3n) is 3.03. The number of amides is 1. The predicted molar refractivity (Wildman–Crippen MR) is 80.0 cm³/mol. The predicted octanol–water partition coefficient (Wildman–Crippen LogP) is 2.15. The van der Waals surface area contributed by atoms with Crippen molar-refractivity contribution >= 4 is 17.3 Å². The first-order valence-corrected chi connectivity index (χ1v) is 6.44. The number of nitro benzene ring substituents is 1. The van der Waals surface area contributed by atoms with Gasteiger partial charge in [0.1, 0.15) is 0 Å². The number of nitrogens with one attached hydrogen (secondary N) is 1. The zero-order valence-corrected chi connectivity index (χ0v) is 11.3. The van der Waals surface area contributed by atoms with Crippen molar-refractivity contribution in [2.45, 2.75) is 6.42 Å². The molecule has 1 amide bonds. The van der Waals surface area contributed by atoms with Crippen LogP contribution in [0.3, 0.4) is 0 Å². The van der Waals surface area contributed by atoms with Gasteiger partial charge in [0, 0.05) is 24.4 Å². The fraction of sp³-hybridized carbons (Fsp3) is 0.133. The van der Waals surface area contributed by atoms with Crippen LogP contribution in [0.25, 0.3) is 0 Å². The second-order valence-corrected chi connectivity index (χ2v) is 4.52. The zero-order chi connectivity index (χ0) is 15.2. The summed E-state index contributed by atoms with van der Waals surface area (Å²) < 4.78 is 0. The number of nitro groups is 1. The van der Waals surface area contributed by atoms with E-state index in [9.17, 15) is 14.9 Å². The van der Waals surface area contributed by atoms with Gasteiger partial charge >= 0.3 is 0 Å². The van der Waals surface area contributed by atoms with Gasteiger partial charge in [-0.25, -0.2) is 0 Å². The molecule has 6 nitrogen and oxygen atoms in total. The normalized spacial score (nSPS) is 10.1. The molecule has 0 saturated heterocycles. The molecule has 21 heavy (non-hydrogen) atoms. The molecule has 0 aliphatic heterocycles. The van der Waals surface area contributed by atoms with E-state index in [0.717, 1.165) is 5.56 Å². The highest BCUT2D eigenvalue weighted by molar-refractivity contribution is 5.99. The van der Waals surface area contributed by atoms with E-state index >= 15 is 0 Å². The van der Waals surface area contributed by atoms with Crippen LogP contribution in [-0.4, -0.2) is 17.4 Å². The highest BCUT2D eigenvalue weighted by Crippen LogP contribution is 2.19. The molecule has 0 bridgehead atoms. The maximum Gasteiger partial charge on any atom is 0.270 e. The summed E-state index contributed by atoms with van der Waals surface area (Å²) in [5.41, 5.74) is 6.98. The number of nitrogen functional groups attached to an aromatic ring is 1. The van der Waals surface area contributed by atoms with Crippen LogP contribution in [0.4, 0.5) is 11.4 Å². The van der Waals surface area contributed by atoms with E-state index in [1.54, 1.807) is 0 Å². The average Bonchev–Trinajstić information content (AvgIpc) is 2.48. The van der Waals surface area contributed by atoms with Crippen LogP contribution in [0.5, 0.6) is 0 Å². The largest absolute Gasteiger partial charge is 0.398 e. The summed E-state index contributed by atoms with van der Waals surface area (Å²) in [4.78, 5) is 22.2. The molecule has 0 radical (unpaired) electrons. The van der Waals surface area contributed by atoms with Gasteiger partial charge in [-0.2, -0.15) is 0 Å². The molecule has 0 unspecified atom stereocenters.